The number of carbonyl (C=O) groups is 2. The van der Waals surface area contributed by atoms with Crippen LogP contribution in [0.1, 0.15) is 23.0 Å². The molecule has 0 unspecified atom stereocenters. The zero-order valence-corrected chi connectivity index (χ0v) is 21.1. The molecule has 0 fully saturated rings. The van der Waals surface area contributed by atoms with E-state index < -0.39 is 11.7 Å². The van der Waals surface area contributed by atoms with Crippen molar-refractivity contribution in [2.75, 3.05) is 17.3 Å². The maximum Gasteiger partial charge on any atom is 0.307 e. The summed E-state index contributed by atoms with van der Waals surface area (Å²) in [5.74, 6) is -1.09. The Hall–Kier alpha value is -4.70. The number of amides is 1. The second kappa shape index (κ2) is 11.1. The maximum absolute atomic E-state index is 13.4. The highest BCUT2D eigenvalue weighted by molar-refractivity contribution is 8.14. The predicted molar refractivity (Wildman–Crippen MR) is 141 cm³/mol. The van der Waals surface area contributed by atoms with Gasteiger partial charge in [-0.15, -0.1) is 0 Å². The first-order chi connectivity index (χ1) is 18.5. The number of benzene rings is 3. The Balaban J connectivity index is 1.42. The Labute approximate surface area is 222 Å². The van der Waals surface area contributed by atoms with Crippen LogP contribution in [0.2, 0.25) is 0 Å². The minimum Gasteiger partial charge on any atom is -0.539 e. The van der Waals surface area contributed by atoms with Crippen molar-refractivity contribution < 1.29 is 28.6 Å². The molecule has 3 aromatic carbocycles. The van der Waals surface area contributed by atoms with E-state index in [2.05, 4.69) is 10.3 Å². The van der Waals surface area contributed by atoms with Crippen molar-refractivity contribution in [1.29, 1.82) is 0 Å². The van der Waals surface area contributed by atoms with Crippen LogP contribution in [-0.2, 0) is 4.79 Å². The van der Waals surface area contributed by atoms with Gasteiger partial charge in [-0.1, -0.05) is 60.3 Å². The molecule has 1 amide bonds. The van der Waals surface area contributed by atoms with E-state index in [1.807, 2.05) is 55.5 Å². The third-order valence-corrected chi connectivity index (χ3v) is 6.48. The first kappa shape index (κ1) is 25.0. The first-order valence-corrected chi connectivity index (χ1v) is 12.8. The fourth-order valence-electron chi connectivity index (χ4n) is 3.81. The molecule has 38 heavy (non-hydrogen) atoms. The third-order valence-electron chi connectivity index (χ3n) is 5.55. The van der Waals surface area contributed by atoms with Crippen LogP contribution in [0, 0.1) is 0 Å². The van der Waals surface area contributed by atoms with E-state index in [4.69, 9.17) is 9.26 Å². The number of hydrogen-bond acceptors (Lipinski definition) is 8. The molecule has 0 spiro atoms. The number of thioether (sulfide) groups is 1. The van der Waals surface area contributed by atoms with Gasteiger partial charge < -0.3 is 14.4 Å². The van der Waals surface area contributed by atoms with Gasteiger partial charge in [-0.05, 0) is 47.5 Å². The van der Waals surface area contributed by atoms with Gasteiger partial charge in [0.2, 0.25) is 11.5 Å². The molecular formula is C28H22N4O5S. The summed E-state index contributed by atoms with van der Waals surface area (Å²) in [6, 6.07) is 25.1. The van der Waals surface area contributed by atoms with Crippen LogP contribution in [0.4, 0.5) is 5.69 Å². The van der Waals surface area contributed by atoms with Crippen molar-refractivity contribution in [2.45, 2.75) is 6.92 Å². The van der Waals surface area contributed by atoms with Crippen molar-refractivity contribution in [3.63, 3.8) is 0 Å². The zero-order valence-electron chi connectivity index (χ0n) is 20.3. The number of ketones is 1. The Morgan fingerprint density at radius 2 is 1.74 bits per heavy atom. The number of amidine groups is 1. The van der Waals surface area contributed by atoms with Gasteiger partial charge in [0.05, 0.1) is 23.3 Å². The average Bonchev–Trinajstić information content (AvgIpc) is 3.48. The molecule has 0 aliphatic carbocycles. The summed E-state index contributed by atoms with van der Waals surface area (Å²) >= 11 is 1.06. The first-order valence-electron chi connectivity index (χ1n) is 11.8. The zero-order chi connectivity index (χ0) is 26.5. The van der Waals surface area contributed by atoms with E-state index in [-0.39, 0.29) is 23.1 Å². The average molecular weight is 527 g/mol. The van der Waals surface area contributed by atoms with Crippen molar-refractivity contribution in [1.82, 2.24) is 5.27 Å². The number of hydrogen-bond donors (Lipinski definition) is 0. The number of aromatic nitrogens is 2. The summed E-state index contributed by atoms with van der Waals surface area (Å²) in [4.78, 5) is 32.5. The summed E-state index contributed by atoms with van der Waals surface area (Å²) in [5, 5.41) is 16.4. The van der Waals surface area contributed by atoms with E-state index >= 15 is 0 Å². The van der Waals surface area contributed by atoms with E-state index in [9.17, 15) is 14.7 Å². The quantitative estimate of drug-likeness (QED) is 0.195. The number of anilines is 1. The Bertz CT molecular complexity index is 1520. The summed E-state index contributed by atoms with van der Waals surface area (Å²) in [6.07, 6.45) is 1.68. The summed E-state index contributed by atoms with van der Waals surface area (Å²) in [6.45, 7) is 2.47. The number of Topliss-reactive ketones (excluding diaryl/α,β-unsaturated/α-hetero) is 1. The van der Waals surface area contributed by atoms with Crippen LogP contribution in [0.25, 0.3) is 11.8 Å². The van der Waals surface area contributed by atoms with Crippen LogP contribution in [0.15, 0.2) is 100 Å². The molecule has 10 heteroatoms. The normalized spacial score (nSPS) is 14.1. The van der Waals surface area contributed by atoms with Gasteiger partial charge in [-0.3, -0.25) is 14.5 Å². The highest BCUT2D eigenvalue weighted by Gasteiger charge is 2.34. The van der Waals surface area contributed by atoms with Gasteiger partial charge in [-0.2, -0.15) is 0 Å². The van der Waals surface area contributed by atoms with Crippen LogP contribution in [0.3, 0.4) is 0 Å². The van der Waals surface area contributed by atoms with Gasteiger partial charge in [-0.25, -0.2) is 4.99 Å². The SMILES string of the molecule is CCOc1ccc(/C=C2/N=C(SCC(=O)c3c([O-])on[n+]3-c3ccccc3)N(c3ccccc3)C2=O)cc1. The fourth-order valence-corrected chi connectivity index (χ4v) is 4.68. The molecule has 5 rings (SSSR count). The number of carbonyl (C=O) groups excluding carboxylic acids is 2. The van der Waals surface area contributed by atoms with Gasteiger partial charge >= 0.3 is 5.69 Å². The van der Waals surface area contributed by atoms with Crippen LogP contribution >= 0.6 is 11.8 Å². The molecule has 1 aliphatic heterocycles. The highest BCUT2D eigenvalue weighted by Crippen LogP contribution is 2.30. The van der Waals surface area contributed by atoms with Gasteiger partial charge in [0.25, 0.3) is 5.91 Å². The molecular weight excluding hydrogens is 504 g/mol. The number of para-hydroxylation sites is 2. The summed E-state index contributed by atoms with van der Waals surface area (Å²) < 4.78 is 11.4. The van der Waals surface area contributed by atoms with Crippen molar-refractivity contribution in [2.24, 2.45) is 4.99 Å². The number of rotatable bonds is 8. The van der Waals surface area contributed by atoms with Crippen LogP contribution < -0.4 is 19.4 Å². The predicted octanol–water partition coefficient (Wildman–Crippen LogP) is 3.78. The molecule has 9 nitrogen and oxygen atoms in total. The Morgan fingerprint density at radius 3 is 2.42 bits per heavy atom. The molecule has 0 bridgehead atoms. The molecule has 4 aromatic rings. The second-order valence-corrected chi connectivity index (χ2v) is 9.01. The molecule has 0 atom stereocenters. The van der Waals surface area contributed by atoms with Crippen molar-refractivity contribution in [3.05, 3.63) is 102 Å². The lowest BCUT2D eigenvalue weighted by Crippen LogP contribution is -2.39. The fraction of sp³-hybridized carbons (Fsp3) is 0.107. The van der Waals surface area contributed by atoms with Gasteiger partial charge in [0.15, 0.2) is 11.1 Å². The Kier molecular flexibility index (Phi) is 7.32. The van der Waals surface area contributed by atoms with E-state index in [0.717, 1.165) is 23.1 Å². The van der Waals surface area contributed by atoms with Gasteiger partial charge in [0.1, 0.15) is 11.4 Å². The van der Waals surface area contributed by atoms with Crippen molar-refractivity contribution in [3.8, 4) is 17.4 Å². The molecule has 1 aliphatic rings. The smallest absolute Gasteiger partial charge is 0.307 e. The molecule has 0 saturated carbocycles. The highest BCUT2D eigenvalue weighted by atomic mass is 32.2. The molecule has 0 radical (unpaired) electrons. The molecule has 0 N–H and O–H groups in total. The second-order valence-electron chi connectivity index (χ2n) is 8.07. The molecule has 1 aromatic heterocycles. The number of aliphatic imine (C=N–C) groups is 1. The van der Waals surface area contributed by atoms with Gasteiger partial charge in [0, 0.05) is 12.1 Å². The minimum absolute atomic E-state index is 0.158. The molecule has 190 valence electrons. The van der Waals surface area contributed by atoms with E-state index in [1.165, 1.54) is 9.58 Å². The summed E-state index contributed by atoms with van der Waals surface area (Å²) in [5.41, 5.74) is 1.93. The topological polar surface area (TPSA) is 112 Å². The van der Waals surface area contributed by atoms with Crippen molar-refractivity contribution >= 4 is 40.4 Å². The lowest BCUT2D eigenvalue weighted by molar-refractivity contribution is -0.672. The third kappa shape index (κ3) is 5.21. The lowest BCUT2D eigenvalue weighted by atomic mass is 10.2. The Morgan fingerprint density at radius 1 is 1.05 bits per heavy atom. The minimum atomic E-state index is -0.833. The standard InChI is InChI=1S/C28H22N4O5S/c1-2-36-22-15-13-19(14-16-22)17-23-26(34)31(20-9-5-3-6-10-20)28(29-23)38-18-24(33)25-27(35)37-30-32(25)21-11-7-4-8-12-21/h3-17H,2,18H2,1H3/b23-17+. The number of ether oxygens (including phenoxy) is 1. The van der Waals surface area contributed by atoms with E-state index in [0.29, 0.717) is 23.1 Å². The van der Waals surface area contributed by atoms with Crippen LogP contribution in [-0.4, -0.2) is 34.5 Å². The monoisotopic (exact) mass is 526 g/mol. The summed E-state index contributed by atoms with van der Waals surface area (Å²) in [7, 11) is 0. The molecule has 2 heterocycles. The number of nitrogens with zero attached hydrogens (tertiary/aromatic N) is 4. The maximum atomic E-state index is 13.4. The largest absolute Gasteiger partial charge is 0.539 e. The van der Waals surface area contributed by atoms with Crippen LogP contribution in [0.5, 0.6) is 11.7 Å². The molecule has 0 saturated heterocycles. The lowest BCUT2D eigenvalue weighted by Gasteiger charge is -2.17. The van der Waals surface area contributed by atoms with E-state index in [1.54, 1.807) is 42.5 Å².